The summed E-state index contributed by atoms with van der Waals surface area (Å²) < 4.78 is 23.9. The number of carbonyl (C=O) groups excluding carboxylic acids is 1. The third kappa shape index (κ3) is 3.75. The zero-order chi connectivity index (χ0) is 15.9. The van der Waals surface area contributed by atoms with Crippen LogP contribution in [0.5, 0.6) is 11.5 Å². The van der Waals surface area contributed by atoms with Crippen molar-refractivity contribution in [3.05, 3.63) is 59.4 Å². The van der Waals surface area contributed by atoms with Crippen molar-refractivity contribution in [1.29, 1.82) is 0 Å². The summed E-state index contributed by atoms with van der Waals surface area (Å²) in [5, 5.41) is 2.75. The van der Waals surface area contributed by atoms with Gasteiger partial charge in [0.05, 0.1) is 19.3 Å². The Bertz CT molecular complexity index is 658. The van der Waals surface area contributed by atoms with Gasteiger partial charge in [-0.25, -0.2) is 4.39 Å². The summed E-state index contributed by atoms with van der Waals surface area (Å²) >= 11 is 0. The summed E-state index contributed by atoms with van der Waals surface area (Å²) in [6, 6.07) is 11.3. The molecule has 0 bridgehead atoms. The van der Waals surface area contributed by atoms with Gasteiger partial charge in [-0.3, -0.25) is 4.79 Å². The van der Waals surface area contributed by atoms with E-state index in [1.807, 2.05) is 31.2 Å². The molecule has 0 fully saturated rings. The molecular formula is C17H18FNO3. The van der Waals surface area contributed by atoms with Crippen LogP contribution in [0.3, 0.4) is 0 Å². The largest absolute Gasteiger partial charge is 0.496 e. The Hall–Kier alpha value is -2.56. The Morgan fingerprint density at radius 1 is 1.18 bits per heavy atom. The number of amides is 1. The Labute approximate surface area is 128 Å². The van der Waals surface area contributed by atoms with E-state index in [4.69, 9.17) is 9.47 Å². The standard InChI is InChI=1S/C17H18FNO3/c1-3-22-15-7-5-4-6-12(15)11-19-17(20)14-10-13(18)8-9-16(14)21-2/h4-10H,3,11H2,1-2H3,(H,19,20). The van der Waals surface area contributed by atoms with Gasteiger partial charge in [0.25, 0.3) is 5.91 Å². The van der Waals surface area contributed by atoms with Gasteiger partial charge in [-0.2, -0.15) is 0 Å². The van der Waals surface area contributed by atoms with Crippen molar-refractivity contribution in [1.82, 2.24) is 5.32 Å². The van der Waals surface area contributed by atoms with Gasteiger partial charge in [-0.05, 0) is 31.2 Å². The maximum absolute atomic E-state index is 13.3. The summed E-state index contributed by atoms with van der Waals surface area (Å²) in [6.45, 7) is 2.73. The number of halogens is 1. The van der Waals surface area contributed by atoms with E-state index in [1.165, 1.54) is 19.2 Å². The molecule has 0 saturated heterocycles. The predicted octanol–water partition coefficient (Wildman–Crippen LogP) is 3.16. The van der Waals surface area contributed by atoms with E-state index in [2.05, 4.69) is 5.32 Å². The van der Waals surface area contributed by atoms with Gasteiger partial charge < -0.3 is 14.8 Å². The zero-order valence-corrected chi connectivity index (χ0v) is 12.6. The molecule has 0 aliphatic heterocycles. The molecule has 0 unspecified atom stereocenters. The number of rotatable bonds is 6. The van der Waals surface area contributed by atoms with Crippen LogP contribution in [0.4, 0.5) is 4.39 Å². The Morgan fingerprint density at radius 3 is 2.68 bits per heavy atom. The van der Waals surface area contributed by atoms with Crippen molar-refractivity contribution in [2.45, 2.75) is 13.5 Å². The zero-order valence-electron chi connectivity index (χ0n) is 12.6. The molecule has 2 aromatic rings. The SMILES string of the molecule is CCOc1ccccc1CNC(=O)c1cc(F)ccc1OC. The first-order chi connectivity index (χ1) is 10.7. The molecule has 0 saturated carbocycles. The lowest BCUT2D eigenvalue weighted by atomic mass is 10.1. The highest BCUT2D eigenvalue weighted by Crippen LogP contribution is 2.21. The second-order valence-corrected chi connectivity index (χ2v) is 4.57. The van der Waals surface area contributed by atoms with E-state index in [-0.39, 0.29) is 12.1 Å². The van der Waals surface area contributed by atoms with Gasteiger partial charge in [-0.1, -0.05) is 18.2 Å². The summed E-state index contributed by atoms with van der Waals surface area (Å²) in [4.78, 5) is 12.2. The van der Waals surface area contributed by atoms with Gasteiger partial charge in [0, 0.05) is 12.1 Å². The van der Waals surface area contributed by atoms with E-state index in [1.54, 1.807) is 0 Å². The first-order valence-electron chi connectivity index (χ1n) is 6.98. The number of para-hydroxylation sites is 1. The molecule has 5 heteroatoms. The molecule has 116 valence electrons. The van der Waals surface area contributed by atoms with Gasteiger partial charge in [0.15, 0.2) is 0 Å². The smallest absolute Gasteiger partial charge is 0.255 e. The van der Waals surface area contributed by atoms with Crippen LogP contribution in [-0.2, 0) is 6.54 Å². The molecule has 0 atom stereocenters. The molecule has 4 nitrogen and oxygen atoms in total. The molecule has 0 radical (unpaired) electrons. The van der Waals surface area contributed by atoms with E-state index < -0.39 is 11.7 Å². The molecule has 2 rings (SSSR count). The normalized spacial score (nSPS) is 10.1. The molecule has 2 aromatic carbocycles. The lowest BCUT2D eigenvalue weighted by Gasteiger charge is -2.12. The van der Waals surface area contributed by atoms with Crippen molar-refractivity contribution in [3.8, 4) is 11.5 Å². The minimum Gasteiger partial charge on any atom is -0.496 e. The van der Waals surface area contributed by atoms with Crippen LogP contribution in [0.15, 0.2) is 42.5 Å². The van der Waals surface area contributed by atoms with E-state index >= 15 is 0 Å². The average Bonchev–Trinajstić information content (AvgIpc) is 2.54. The van der Waals surface area contributed by atoms with Crippen LogP contribution in [0.25, 0.3) is 0 Å². The number of hydrogen-bond acceptors (Lipinski definition) is 3. The molecule has 0 aromatic heterocycles. The Morgan fingerprint density at radius 2 is 1.95 bits per heavy atom. The third-order valence-corrected chi connectivity index (χ3v) is 3.12. The van der Waals surface area contributed by atoms with Gasteiger partial charge in [0.2, 0.25) is 0 Å². The minimum absolute atomic E-state index is 0.163. The summed E-state index contributed by atoms with van der Waals surface area (Å²) in [5.41, 5.74) is 1.02. The van der Waals surface area contributed by atoms with E-state index in [0.717, 1.165) is 17.4 Å². The van der Waals surface area contributed by atoms with Crippen LogP contribution in [-0.4, -0.2) is 19.6 Å². The lowest BCUT2D eigenvalue weighted by molar-refractivity contribution is 0.0947. The molecule has 0 spiro atoms. The van der Waals surface area contributed by atoms with Crippen LogP contribution in [0.2, 0.25) is 0 Å². The molecule has 0 aliphatic rings. The number of ether oxygens (including phenoxy) is 2. The predicted molar refractivity (Wildman–Crippen MR) is 81.7 cm³/mol. The van der Waals surface area contributed by atoms with Crippen molar-refractivity contribution < 1.29 is 18.7 Å². The van der Waals surface area contributed by atoms with Crippen molar-refractivity contribution in [2.75, 3.05) is 13.7 Å². The second-order valence-electron chi connectivity index (χ2n) is 4.57. The maximum atomic E-state index is 13.3. The van der Waals surface area contributed by atoms with Crippen LogP contribution in [0, 0.1) is 5.82 Å². The maximum Gasteiger partial charge on any atom is 0.255 e. The van der Waals surface area contributed by atoms with E-state index in [9.17, 15) is 9.18 Å². The number of carbonyl (C=O) groups is 1. The monoisotopic (exact) mass is 303 g/mol. The van der Waals surface area contributed by atoms with Crippen LogP contribution < -0.4 is 14.8 Å². The van der Waals surface area contributed by atoms with E-state index in [0.29, 0.717) is 12.4 Å². The van der Waals surface area contributed by atoms with Gasteiger partial charge >= 0.3 is 0 Å². The summed E-state index contributed by atoms with van der Waals surface area (Å²) in [7, 11) is 1.44. The Kier molecular flexibility index (Phi) is 5.36. The van der Waals surface area contributed by atoms with Crippen molar-refractivity contribution in [2.24, 2.45) is 0 Å². The Balaban J connectivity index is 2.12. The van der Waals surface area contributed by atoms with Crippen molar-refractivity contribution >= 4 is 5.91 Å². The molecule has 22 heavy (non-hydrogen) atoms. The molecule has 0 aliphatic carbocycles. The third-order valence-electron chi connectivity index (χ3n) is 3.12. The fourth-order valence-corrected chi connectivity index (χ4v) is 2.07. The molecule has 1 amide bonds. The minimum atomic E-state index is -0.485. The van der Waals surface area contributed by atoms with Gasteiger partial charge in [0.1, 0.15) is 17.3 Å². The average molecular weight is 303 g/mol. The van der Waals surface area contributed by atoms with Gasteiger partial charge in [-0.15, -0.1) is 0 Å². The topological polar surface area (TPSA) is 47.6 Å². The quantitative estimate of drug-likeness (QED) is 0.891. The first-order valence-corrected chi connectivity index (χ1v) is 6.98. The highest BCUT2D eigenvalue weighted by molar-refractivity contribution is 5.96. The molecular weight excluding hydrogens is 285 g/mol. The number of benzene rings is 2. The highest BCUT2D eigenvalue weighted by atomic mass is 19.1. The second kappa shape index (κ2) is 7.45. The number of nitrogens with one attached hydrogen (secondary N) is 1. The van der Waals surface area contributed by atoms with Crippen molar-refractivity contribution in [3.63, 3.8) is 0 Å². The number of hydrogen-bond donors (Lipinski definition) is 1. The molecule has 1 N–H and O–H groups in total. The van der Waals surface area contributed by atoms with Crippen LogP contribution >= 0.6 is 0 Å². The summed E-state index contributed by atoms with van der Waals surface area (Å²) in [5.74, 6) is 0.164. The fourth-order valence-electron chi connectivity index (χ4n) is 2.07. The summed E-state index contributed by atoms with van der Waals surface area (Å²) in [6.07, 6.45) is 0. The number of methoxy groups -OCH3 is 1. The fraction of sp³-hybridized carbons (Fsp3) is 0.235. The first kappa shape index (κ1) is 15.8. The molecule has 0 heterocycles. The highest BCUT2D eigenvalue weighted by Gasteiger charge is 2.14. The van der Waals surface area contributed by atoms with Crippen LogP contribution in [0.1, 0.15) is 22.8 Å². The lowest BCUT2D eigenvalue weighted by Crippen LogP contribution is -2.23.